The molecule has 0 spiro atoms. The summed E-state index contributed by atoms with van der Waals surface area (Å²) in [5.41, 5.74) is 4.69. The lowest BCUT2D eigenvalue weighted by Gasteiger charge is -2.09. The molecule has 1 aromatic carbocycles. The summed E-state index contributed by atoms with van der Waals surface area (Å²) in [5, 5.41) is 5.19. The number of alkyl halides is 3. The van der Waals surface area contributed by atoms with E-state index in [1.165, 1.54) is 12.1 Å². The molecule has 1 rings (SSSR count). The number of carbonyl (C=O) groups excluding carboxylic acids is 1. The van der Waals surface area contributed by atoms with Gasteiger partial charge in [0.15, 0.2) is 0 Å². The predicted molar refractivity (Wildman–Crippen MR) is 57.5 cm³/mol. The van der Waals surface area contributed by atoms with Crippen molar-refractivity contribution in [3.05, 3.63) is 29.8 Å². The number of rotatable bonds is 4. The first-order valence-corrected chi connectivity index (χ1v) is 4.84. The van der Waals surface area contributed by atoms with Crippen molar-refractivity contribution >= 4 is 11.7 Å². The van der Waals surface area contributed by atoms with Crippen LogP contribution in [0.25, 0.3) is 0 Å². The highest BCUT2D eigenvalue weighted by Gasteiger charge is 2.29. The van der Waals surface area contributed by atoms with Gasteiger partial charge in [0.25, 0.3) is 0 Å². The lowest BCUT2D eigenvalue weighted by Crippen LogP contribution is -2.33. The Morgan fingerprint density at radius 2 is 1.76 bits per heavy atom. The van der Waals surface area contributed by atoms with Crippen LogP contribution in [0.1, 0.15) is 5.56 Å². The molecule has 0 radical (unpaired) electrons. The smallest absolute Gasteiger partial charge is 0.383 e. The summed E-state index contributed by atoms with van der Waals surface area (Å²) >= 11 is 0. The van der Waals surface area contributed by atoms with Gasteiger partial charge in [0.05, 0.1) is 5.56 Å². The van der Waals surface area contributed by atoms with Crippen molar-refractivity contribution in [2.75, 3.05) is 18.4 Å². The first-order valence-electron chi connectivity index (χ1n) is 4.84. The van der Waals surface area contributed by atoms with Crippen molar-refractivity contribution < 1.29 is 18.0 Å². The van der Waals surface area contributed by atoms with Gasteiger partial charge < -0.3 is 16.4 Å². The number of amides is 2. The zero-order chi connectivity index (χ0) is 12.9. The van der Waals surface area contributed by atoms with Gasteiger partial charge in [0, 0.05) is 18.8 Å². The maximum atomic E-state index is 12.2. The zero-order valence-corrected chi connectivity index (χ0v) is 8.84. The van der Waals surface area contributed by atoms with E-state index in [2.05, 4.69) is 10.6 Å². The highest BCUT2D eigenvalue weighted by Crippen LogP contribution is 2.29. The van der Waals surface area contributed by atoms with E-state index in [1.807, 2.05) is 0 Å². The fraction of sp³-hybridized carbons (Fsp3) is 0.300. The normalized spacial score (nSPS) is 11.0. The van der Waals surface area contributed by atoms with E-state index in [0.717, 1.165) is 12.1 Å². The maximum Gasteiger partial charge on any atom is 0.416 e. The first-order chi connectivity index (χ1) is 7.89. The van der Waals surface area contributed by atoms with Gasteiger partial charge in [-0.15, -0.1) is 0 Å². The predicted octanol–water partition coefficient (Wildman–Crippen LogP) is 1.79. The Morgan fingerprint density at radius 3 is 2.24 bits per heavy atom. The molecule has 1 aromatic rings. The molecule has 94 valence electrons. The van der Waals surface area contributed by atoms with Crippen molar-refractivity contribution in [2.24, 2.45) is 5.73 Å². The molecular weight excluding hydrogens is 235 g/mol. The largest absolute Gasteiger partial charge is 0.416 e. The summed E-state index contributed by atoms with van der Waals surface area (Å²) in [6.45, 7) is 0.685. The number of benzene rings is 1. The standard InChI is InChI=1S/C10H12F3N3O/c11-10(12,13)7-1-3-8(4-2-7)15-5-6-16-9(14)17/h1-4,15H,5-6H2,(H3,14,16,17). The SMILES string of the molecule is NC(=O)NCCNc1ccc(C(F)(F)F)cc1. The first kappa shape index (κ1) is 13.1. The third kappa shape index (κ3) is 4.62. The van der Waals surface area contributed by atoms with Crippen molar-refractivity contribution in [1.29, 1.82) is 0 Å². The second-order valence-corrected chi connectivity index (χ2v) is 3.29. The molecule has 0 saturated carbocycles. The fourth-order valence-corrected chi connectivity index (χ4v) is 1.17. The van der Waals surface area contributed by atoms with Gasteiger partial charge in [0.1, 0.15) is 0 Å². The number of carbonyl (C=O) groups is 1. The molecule has 0 aliphatic rings. The molecular formula is C10H12F3N3O. The number of nitrogens with one attached hydrogen (secondary N) is 2. The molecule has 0 aliphatic heterocycles. The van der Waals surface area contributed by atoms with Crippen LogP contribution in [-0.4, -0.2) is 19.1 Å². The highest BCUT2D eigenvalue weighted by molar-refractivity contribution is 5.71. The molecule has 0 heterocycles. The summed E-state index contributed by atoms with van der Waals surface area (Å²) in [5.74, 6) is 0. The lowest BCUT2D eigenvalue weighted by atomic mass is 10.2. The van der Waals surface area contributed by atoms with E-state index in [9.17, 15) is 18.0 Å². The molecule has 4 N–H and O–H groups in total. The lowest BCUT2D eigenvalue weighted by molar-refractivity contribution is -0.137. The quantitative estimate of drug-likeness (QED) is 0.710. The number of nitrogens with two attached hydrogens (primary N) is 1. The summed E-state index contributed by atoms with van der Waals surface area (Å²) in [6.07, 6.45) is -4.33. The molecule has 0 atom stereocenters. The van der Waals surface area contributed by atoms with E-state index in [4.69, 9.17) is 5.73 Å². The molecule has 2 amide bonds. The van der Waals surface area contributed by atoms with Crippen LogP contribution >= 0.6 is 0 Å². The Labute approximate surface area is 96.0 Å². The van der Waals surface area contributed by atoms with E-state index in [1.54, 1.807) is 0 Å². The average molecular weight is 247 g/mol. The van der Waals surface area contributed by atoms with Crippen molar-refractivity contribution in [1.82, 2.24) is 5.32 Å². The van der Waals surface area contributed by atoms with E-state index < -0.39 is 17.8 Å². The van der Waals surface area contributed by atoms with Gasteiger partial charge in [-0.2, -0.15) is 13.2 Å². The van der Waals surface area contributed by atoms with E-state index in [-0.39, 0.29) is 0 Å². The summed E-state index contributed by atoms with van der Waals surface area (Å²) in [4.78, 5) is 10.3. The van der Waals surface area contributed by atoms with Crippen LogP contribution in [0.3, 0.4) is 0 Å². The van der Waals surface area contributed by atoms with Gasteiger partial charge in [-0.25, -0.2) is 4.79 Å². The number of hydrogen-bond donors (Lipinski definition) is 3. The third-order valence-electron chi connectivity index (χ3n) is 1.97. The topological polar surface area (TPSA) is 67.2 Å². The van der Waals surface area contributed by atoms with Gasteiger partial charge in [-0.1, -0.05) is 0 Å². The van der Waals surface area contributed by atoms with Gasteiger partial charge >= 0.3 is 12.2 Å². The Bertz CT molecular complexity index is 375. The molecule has 0 aromatic heterocycles. The summed E-state index contributed by atoms with van der Waals surface area (Å²) < 4.78 is 36.7. The van der Waals surface area contributed by atoms with Crippen molar-refractivity contribution in [3.63, 3.8) is 0 Å². The van der Waals surface area contributed by atoms with Gasteiger partial charge in [-0.05, 0) is 24.3 Å². The second-order valence-electron chi connectivity index (χ2n) is 3.29. The summed E-state index contributed by atoms with van der Waals surface area (Å²) in [7, 11) is 0. The third-order valence-corrected chi connectivity index (χ3v) is 1.97. The number of primary amides is 1. The van der Waals surface area contributed by atoms with E-state index in [0.29, 0.717) is 18.8 Å². The molecule has 0 saturated heterocycles. The average Bonchev–Trinajstić information content (AvgIpc) is 2.23. The minimum atomic E-state index is -4.33. The minimum absolute atomic E-state index is 0.302. The second kappa shape index (κ2) is 5.42. The van der Waals surface area contributed by atoms with Crippen LogP contribution in [-0.2, 0) is 6.18 Å². The Balaban J connectivity index is 2.43. The number of anilines is 1. The maximum absolute atomic E-state index is 12.2. The zero-order valence-electron chi connectivity index (χ0n) is 8.84. The van der Waals surface area contributed by atoms with Gasteiger partial charge in [0.2, 0.25) is 0 Å². The Morgan fingerprint density at radius 1 is 1.18 bits per heavy atom. The van der Waals surface area contributed by atoms with Gasteiger partial charge in [-0.3, -0.25) is 0 Å². The minimum Gasteiger partial charge on any atom is -0.383 e. The van der Waals surface area contributed by atoms with Crippen LogP contribution in [0, 0.1) is 0 Å². The van der Waals surface area contributed by atoms with Crippen LogP contribution < -0.4 is 16.4 Å². The van der Waals surface area contributed by atoms with Crippen LogP contribution in [0.15, 0.2) is 24.3 Å². The molecule has 17 heavy (non-hydrogen) atoms. The van der Waals surface area contributed by atoms with Crippen LogP contribution in [0.4, 0.5) is 23.7 Å². The number of hydrogen-bond acceptors (Lipinski definition) is 2. The molecule has 4 nitrogen and oxygen atoms in total. The fourth-order valence-electron chi connectivity index (χ4n) is 1.17. The number of urea groups is 1. The molecule has 7 heteroatoms. The molecule has 0 bridgehead atoms. The number of halogens is 3. The Hall–Kier alpha value is -1.92. The molecule has 0 fully saturated rings. The van der Waals surface area contributed by atoms with E-state index >= 15 is 0 Å². The van der Waals surface area contributed by atoms with Crippen LogP contribution in [0.5, 0.6) is 0 Å². The van der Waals surface area contributed by atoms with Crippen molar-refractivity contribution in [3.8, 4) is 0 Å². The summed E-state index contributed by atoms with van der Waals surface area (Å²) in [6, 6.07) is 3.99. The van der Waals surface area contributed by atoms with Crippen LogP contribution in [0.2, 0.25) is 0 Å². The molecule has 0 aliphatic carbocycles. The highest BCUT2D eigenvalue weighted by atomic mass is 19.4. The monoisotopic (exact) mass is 247 g/mol. The van der Waals surface area contributed by atoms with Crippen molar-refractivity contribution in [2.45, 2.75) is 6.18 Å². The Kier molecular flexibility index (Phi) is 4.19. The molecule has 0 unspecified atom stereocenters.